The van der Waals surface area contributed by atoms with Crippen molar-refractivity contribution < 1.29 is 14.7 Å². The number of amides is 2. The van der Waals surface area contributed by atoms with Gasteiger partial charge in [-0.3, -0.25) is 14.5 Å². The van der Waals surface area contributed by atoms with Crippen LogP contribution >= 0.6 is 0 Å². The molecule has 1 saturated heterocycles. The first kappa shape index (κ1) is 14.2. The Labute approximate surface area is 103 Å². The van der Waals surface area contributed by atoms with Gasteiger partial charge in [0.1, 0.15) is 0 Å². The molecule has 1 fully saturated rings. The molecule has 1 N–H and O–H groups in total. The third-order valence-corrected chi connectivity index (χ3v) is 3.71. The van der Waals surface area contributed by atoms with Crippen molar-refractivity contribution in [3.63, 3.8) is 0 Å². The Morgan fingerprint density at radius 2 is 1.76 bits per heavy atom. The fourth-order valence-electron chi connectivity index (χ4n) is 2.47. The molecule has 1 aliphatic heterocycles. The molecular formula is C13H23NO3. The summed E-state index contributed by atoms with van der Waals surface area (Å²) in [4.78, 5) is 25.6. The highest BCUT2D eigenvalue weighted by Crippen LogP contribution is 2.36. The maximum atomic E-state index is 12.1. The van der Waals surface area contributed by atoms with E-state index >= 15 is 0 Å². The fourth-order valence-corrected chi connectivity index (χ4v) is 2.47. The predicted octanol–water partition coefficient (Wildman–Crippen LogP) is 1.71. The van der Waals surface area contributed by atoms with Crippen LogP contribution in [0.15, 0.2) is 0 Å². The van der Waals surface area contributed by atoms with E-state index in [1.54, 1.807) is 0 Å². The number of aliphatic hydroxyl groups excluding tert-OH is 1. The molecule has 0 saturated carbocycles. The Bertz CT molecular complexity index is 305. The van der Waals surface area contributed by atoms with Gasteiger partial charge in [-0.15, -0.1) is 0 Å². The van der Waals surface area contributed by atoms with Gasteiger partial charge in [0.15, 0.2) is 0 Å². The molecule has 0 bridgehead atoms. The van der Waals surface area contributed by atoms with Gasteiger partial charge in [-0.1, -0.05) is 20.8 Å². The Morgan fingerprint density at radius 3 is 2.12 bits per heavy atom. The Morgan fingerprint density at radius 1 is 1.29 bits per heavy atom. The molecule has 1 rings (SSSR count). The van der Waals surface area contributed by atoms with Crippen molar-refractivity contribution in [3.8, 4) is 0 Å². The topological polar surface area (TPSA) is 57.6 Å². The molecule has 17 heavy (non-hydrogen) atoms. The maximum absolute atomic E-state index is 12.1. The van der Waals surface area contributed by atoms with Crippen molar-refractivity contribution in [1.29, 1.82) is 0 Å². The van der Waals surface area contributed by atoms with Crippen LogP contribution in [0.3, 0.4) is 0 Å². The normalized spacial score (nSPS) is 23.7. The van der Waals surface area contributed by atoms with E-state index in [4.69, 9.17) is 5.11 Å². The summed E-state index contributed by atoms with van der Waals surface area (Å²) < 4.78 is 0. The van der Waals surface area contributed by atoms with Gasteiger partial charge in [-0.25, -0.2) is 0 Å². The van der Waals surface area contributed by atoms with E-state index in [2.05, 4.69) is 0 Å². The molecule has 4 heteroatoms. The summed E-state index contributed by atoms with van der Waals surface area (Å²) in [6, 6.07) is 0. The molecule has 1 atom stereocenters. The number of hydrogen-bond donors (Lipinski definition) is 1. The predicted molar refractivity (Wildman–Crippen MR) is 65.3 cm³/mol. The second-order valence-electron chi connectivity index (χ2n) is 5.96. The molecule has 1 unspecified atom stereocenters. The number of aliphatic hydroxyl groups is 1. The lowest BCUT2D eigenvalue weighted by molar-refractivity contribution is -0.160. The smallest absolute Gasteiger partial charge is 0.230 e. The van der Waals surface area contributed by atoms with E-state index in [0.717, 1.165) is 0 Å². The number of carbonyl (C=O) groups is 2. The van der Waals surface area contributed by atoms with Gasteiger partial charge >= 0.3 is 0 Å². The third kappa shape index (κ3) is 2.86. The van der Waals surface area contributed by atoms with Gasteiger partial charge in [0.2, 0.25) is 11.8 Å². The van der Waals surface area contributed by atoms with E-state index in [-0.39, 0.29) is 23.8 Å². The van der Waals surface area contributed by atoms with Crippen molar-refractivity contribution in [2.24, 2.45) is 5.41 Å². The quantitative estimate of drug-likeness (QED) is 0.762. The number of piperidine rings is 1. The van der Waals surface area contributed by atoms with Gasteiger partial charge < -0.3 is 5.11 Å². The van der Waals surface area contributed by atoms with E-state index in [9.17, 15) is 9.59 Å². The first-order valence-corrected chi connectivity index (χ1v) is 6.22. The minimum atomic E-state index is -0.542. The maximum Gasteiger partial charge on any atom is 0.230 e. The van der Waals surface area contributed by atoms with Crippen LogP contribution < -0.4 is 0 Å². The zero-order valence-electron chi connectivity index (χ0n) is 11.2. The molecule has 0 aromatic carbocycles. The monoisotopic (exact) mass is 241 g/mol. The Hall–Kier alpha value is -0.900. The number of rotatable bonds is 4. The van der Waals surface area contributed by atoms with Crippen molar-refractivity contribution in [2.45, 2.75) is 58.9 Å². The van der Waals surface area contributed by atoms with Crippen LogP contribution in [0.2, 0.25) is 0 Å². The van der Waals surface area contributed by atoms with Gasteiger partial charge in [0.05, 0.1) is 0 Å². The molecule has 98 valence electrons. The number of likely N-dealkylation sites (tertiary alicyclic amines) is 1. The second kappa shape index (κ2) is 4.77. The first-order valence-electron chi connectivity index (χ1n) is 6.22. The van der Waals surface area contributed by atoms with E-state index in [1.807, 2.05) is 27.7 Å². The highest BCUT2D eigenvalue weighted by atomic mass is 16.3. The summed E-state index contributed by atoms with van der Waals surface area (Å²) >= 11 is 0. The van der Waals surface area contributed by atoms with Crippen molar-refractivity contribution >= 4 is 11.8 Å². The molecule has 2 amide bonds. The second-order valence-corrected chi connectivity index (χ2v) is 5.96. The molecule has 1 heterocycles. The highest BCUT2D eigenvalue weighted by Gasteiger charge is 2.44. The lowest BCUT2D eigenvalue weighted by Gasteiger charge is -2.44. The molecule has 4 nitrogen and oxygen atoms in total. The Kier molecular flexibility index (Phi) is 3.97. The number of nitrogens with zero attached hydrogens (tertiary/aromatic N) is 1. The average molecular weight is 241 g/mol. The van der Waals surface area contributed by atoms with Crippen molar-refractivity contribution in [1.82, 2.24) is 4.90 Å². The molecule has 0 spiro atoms. The van der Waals surface area contributed by atoms with E-state index < -0.39 is 5.54 Å². The van der Waals surface area contributed by atoms with Crippen molar-refractivity contribution in [2.75, 3.05) is 6.61 Å². The molecular weight excluding hydrogens is 218 g/mol. The van der Waals surface area contributed by atoms with Crippen LogP contribution in [0.25, 0.3) is 0 Å². The number of imide groups is 1. The summed E-state index contributed by atoms with van der Waals surface area (Å²) in [6.07, 6.45) is 1.92. The minimum Gasteiger partial charge on any atom is -0.396 e. The largest absolute Gasteiger partial charge is 0.396 e. The molecule has 0 aromatic heterocycles. The summed E-state index contributed by atoms with van der Waals surface area (Å²) in [5, 5.41) is 9.09. The fraction of sp³-hybridized carbons (Fsp3) is 0.846. The van der Waals surface area contributed by atoms with Gasteiger partial charge in [-0.2, -0.15) is 0 Å². The zero-order valence-corrected chi connectivity index (χ0v) is 11.2. The lowest BCUT2D eigenvalue weighted by atomic mass is 9.79. The standard InChI is InChI=1S/C13H23NO3/c1-5-13(4,6-7-15)14-10(16)8-12(2,3)9-11(14)17/h15H,5-9H2,1-4H3. The highest BCUT2D eigenvalue weighted by molar-refractivity contribution is 5.99. The van der Waals surface area contributed by atoms with Crippen LogP contribution in [0.1, 0.15) is 53.4 Å². The average Bonchev–Trinajstić information content (AvgIpc) is 2.14. The van der Waals surface area contributed by atoms with Crippen LogP contribution in [0.4, 0.5) is 0 Å². The SMILES string of the molecule is CCC(C)(CCO)N1C(=O)CC(C)(C)CC1=O. The summed E-state index contributed by atoms with van der Waals surface area (Å²) in [5.74, 6) is -0.215. The number of hydrogen-bond acceptors (Lipinski definition) is 3. The zero-order chi connectivity index (χ0) is 13.3. The van der Waals surface area contributed by atoms with Gasteiger partial charge in [-0.05, 0) is 25.2 Å². The molecule has 1 aliphatic rings. The van der Waals surface area contributed by atoms with Gasteiger partial charge in [0, 0.05) is 25.0 Å². The van der Waals surface area contributed by atoms with E-state index in [1.165, 1.54) is 4.90 Å². The summed E-state index contributed by atoms with van der Waals surface area (Å²) in [6.45, 7) is 7.68. The molecule has 0 aromatic rings. The van der Waals surface area contributed by atoms with E-state index in [0.29, 0.717) is 25.7 Å². The van der Waals surface area contributed by atoms with Gasteiger partial charge in [0.25, 0.3) is 0 Å². The lowest BCUT2D eigenvalue weighted by Crippen LogP contribution is -2.57. The van der Waals surface area contributed by atoms with Crippen LogP contribution in [0.5, 0.6) is 0 Å². The third-order valence-electron chi connectivity index (χ3n) is 3.71. The Balaban J connectivity index is 2.97. The van der Waals surface area contributed by atoms with Crippen LogP contribution in [-0.2, 0) is 9.59 Å². The van der Waals surface area contributed by atoms with Crippen molar-refractivity contribution in [3.05, 3.63) is 0 Å². The number of carbonyl (C=O) groups excluding carboxylic acids is 2. The minimum absolute atomic E-state index is 0.00913. The summed E-state index contributed by atoms with van der Waals surface area (Å²) in [7, 11) is 0. The van der Waals surface area contributed by atoms with Crippen LogP contribution in [-0.4, -0.2) is 34.0 Å². The van der Waals surface area contributed by atoms with Crippen LogP contribution in [0, 0.1) is 5.41 Å². The molecule has 0 radical (unpaired) electrons. The summed E-state index contributed by atoms with van der Waals surface area (Å²) in [5.41, 5.74) is -0.780. The molecule has 0 aliphatic carbocycles. The first-order chi connectivity index (χ1) is 7.75.